The fraction of sp³-hybridized carbons (Fsp3) is 0.810. The zero-order valence-electron chi connectivity index (χ0n) is 17.9. The van der Waals surface area contributed by atoms with Crippen LogP contribution in [0.25, 0.3) is 0 Å². The van der Waals surface area contributed by atoms with E-state index in [4.69, 9.17) is 0 Å². The van der Waals surface area contributed by atoms with Crippen LogP contribution in [-0.4, -0.2) is 59.7 Å². The van der Waals surface area contributed by atoms with E-state index in [-0.39, 0.29) is 0 Å². The maximum absolute atomic E-state index is 4.41. The van der Waals surface area contributed by atoms with Gasteiger partial charge in [0, 0.05) is 45.1 Å². The maximum atomic E-state index is 4.41. The molecule has 0 spiro atoms. The largest absolute Gasteiger partial charge is 0.356 e. The van der Waals surface area contributed by atoms with Gasteiger partial charge in [-0.1, -0.05) is 26.7 Å². The van der Waals surface area contributed by atoms with Crippen LogP contribution in [0.1, 0.15) is 58.2 Å². The van der Waals surface area contributed by atoms with E-state index >= 15 is 0 Å². The van der Waals surface area contributed by atoms with Crippen molar-refractivity contribution in [1.82, 2.24) is 25.1 Å². The molecule has 1 atom stereocenters. The first-order valence-corrected chi connectivity index (χ1v) is 10.8. The van der Waals surface area contributed by atoms with Crippen LogP contribution in [0.3, 0.4) is 0 Å². The first-order chi connectivity index (χ1) is 13.1. The summed E-state index contributed by atoms with van der Waals surface area (Å²) in [5.74, 6) is 2.66. The van der Waals surface area contributed by atoms with Crippen molar-refractivity contribution < 1.29 is 0 Å². The minimum Gasteiger partial charge on any atom is -0.356 e. The molecule has 1 aliphatic heterocycles. The number of imidazole rings is 1. The summed E-state index contributed by atoms with van der Waals surface area (Å²) < 4.78 is 2.21. The summed E-state index contributed by atoms with van der Waals surface area (Å²) in [7, 11) is 1.86. The summed E-state index contributed by atoms with van der Waals surface area (Å²) in [5.41, 5.74) is 0. The third kappa shape index (κ3) is 7.53. The number of unbranched alkanes of at least 4 members (excludes halogenated alkanes) is 1. The molecule has 154 valence electrons. The number of likely N-dealkylation sites (tertiary alicyclic amines) is 1. The molecule has 2 rings (SSSR count). The topological polar surface area (TPSA) is 57.5 Å². The van der Waals surface area contributed by atoms with Gasteiger partial charge in [0.2, 0.25) is 0 Å². The van der Waals surface area contributed by atoms with E-state index in [1.165, 1.54) is 38.8 Å². The third-order valence-corrected chi connectivity index (χ3v) is 5.62. The van der Waals surface area contributed by atoms with Crippen LogP contribution in [0.5, 0.6) is 0 Å². The number of guanidine groups is 1. The van der Waals surface area contributed by atoms with Gasteiger partial charge >= 0.3 is 0 Å². The minimum atomic E-state index is 0.575. The molecule has 1 aromatic rings. The molecule has 27 heavy (non-hydrogen) atoms. The van der Waals surface area contributed by atoms with Crippen LogP contribution in [0.4, 0.5) is 0 Å². The minimum absolute atomic E-state index is 0.575. The van der Waals surface area contributed by atoms with Gasteiger partial charge in [0.1, 0.15) is 5.82 Å². The molecule has 2 heterocycles. The predicted octanol–water partition coefficient (Wildman–Crippen LogP) is 3.04. The number of hydrogen-bond acceptors (Lipinski definition) is 3. The van der Waals surface area contributed by atoms with Crippen LogP contribution in [0.15, 0.2) is 17.4 Å². The van der Waals surface area contributed by atoms with Gasteiger partial charge in [0.15, 0.2) is 5.96 Å². The highest BCUT2D eigenvalue weighted by Gasteiger charge is 2.22. The summed E-state index contributed by atoms with van der Waals surface area (Å²) in [6, 6.07) is 0.575. The quantitative estimate of drug-likeness (QED) is 0.395. The molecule has 0 aromatic carbocycles. The van der Waals surface area contributed by atoms with E-state index in [0.29, 0.717) is 12.0 Å². The zero-order valence-corrected chi connectivity index (χ0v) is 17.9. The molecule has 2 N–H and O–H groups in total. The van der Waals surface area contributed by atoms with E-state index in [1.807, 2.05) is 13.2 Å². The summed E-state index contributed by atoms with van der Waals surface area (Å²) in [6.45, 7) is 12.2. The number of nitrogens with zero attached hydrogens (tertiary/aromatic N) is 4. The normalized spacial score (nSPS) is 17.7. The molecule has 6 heteroatoms. The second kappa shape index (κ2) is 12.0. The molecule has 0 aliphatic carbocycles. The van der Waals surface area contributed by atoms with Crippen molar-refractivity contribution in [2.45, 2.75) is 71.9 Å². The standard InChI is InChI=1S/C21H40N6/c1-18(2)20(27-14-8-5-6-9-15-27)17-25-21(22-4)24-11-7-10-13-26-16-12-23-19(26)3/h12,16,18,20H,5-11,13-15,17H2,1-4H3,(H2,22,24,25). The number of nitrogens with one attached hydrogen (secondary N) is 2. The Morgan fingerprint density at radius 2 is 1.89 bits per heavy atom. The molecular weight excluding hydrogens is 336 g/mol. The smallest absolute Gasteiger partial charge is 0.191 e. The highest BCUT2D eigenvalue weighted by Crippen LogP contribution is 2.17. The molecule has 1 aliphatic rings. The molecule has 1 aromatic heterocycles. The van der Waals surface area contributed by atoms with Gasteiger partial charge in [-0.2, -0.15) is 0 Å². The van der Waals surface area contributed by atoms with Crippen molar-refractivity contribution in [3.8, 4) is 0 Å². The van der Waals surface area contributed by atoms with Gasteiger partial charge in [0.25, 0.3) is 0 Å². The monoisotopic (exact) mass is 376 g/mol. The average molecular weight is 377 g/mol. The number of rotatable bonds is 9. The molecular formula is C21H40N6. The van der Waals surface area contributed by atoms with Crippen molar-refractivity contribution in [3.63, 3.8) is 0 Å². The Kier molecular flexibility index (Phi) is 9.67. The van der Waals surface area contributed by atoms with E-state index in [9.17, 15) is 0 Å². The Balaban J connectivity index is 1.69. The Labute approximate surface area is 165 Å². The lowest BCUT2D eigenvalue weighted by Gasteiger charge is -2.34. The number of aryl methyl sites for hydroxylation is 2. The second-order valence-corrected chi connectivity index (χ2v) is 8.02. The van der Waals surface area contributed by atoms with Crippen LogP contribution in [0, 0.1) is 12.8 Å². The van der Waals surface area contributed by atoms with Crippen LogP contribution in [0.2, 0.25) is 0 Å². The van der Waals surface area contributed by atoms with Crippen LogP contribution in [-0.2, 0) is 6.54 Å². The van der Waals surface area contributed by atoms with Crippen molar-refractivity contribution in [2.24, 2.45) is 10.9 Å². The average Bonchev–Trinajstić information content (AvgIpc) is 2.89. The summed E-state index contributed by atoms with van der Waals surface area (Å²) in [6.07, 6.45) is 11.6. The predicted molar refractivity (Wildman–Crippen MR) is 114 cm³/mol. The molecule has 0 bridgehead atoms. The Hall–Kier alpha value is -1.56. The van der Waals surface area contributed by atoms with Gasteiger partial charge in [-0.25, -0.2) is 4.98 Å². The summed E-state index contributed by atoms with van der Waals surface area (Å²) >= 11 is 0. The van der Waals surface area contributed by atoms with E-state index in [1.54, 1.807) is 0 Å². The lowest BCUT2D eigenvalue weighted by Crippen LogP contribution is -2.49. The van der Waals surface area contributed by atoms with Crippen molar-refractivity contribution >= 4 is 5.96 Å². The van der Waals surface area contributed by atoms with Gasteiger partial charge in [-0.3, -0.25) is 9.89 Å². The maximum Gasteiger partial charge on any atom is 0.191 e. The molecule has 6 nitrogen and oxygen atoms in total. The highest BCUT2D eigenvalue weighted by atomic mass is 15.2. The molecule has 1 fully saturated rings. The highest BCUT2D eigenvalue weighted by molar-refractivity contribution is 5.79. The van der Waals surface area contributed by atoms with Crippen LogP contribution >= 0.6 is 0 Å². The first-order valence-electron chi connectivity index (χ1n) is 10.8. The third-order valence-electron chi connectivity index (χ3n) is 5.62. The Morgan fingerprint density at radius 1 is 1.15 bits per heavy atom. The van der Waals surface area contributed by atoms with E-state index < -0.39 is 0 Å². The van der Waals surface area contributed by atoms with Crippen LogP contribution < -0.4 is 10.6 Å². The van der Waals surface area contributed by atoms with Gasteiger partial charge < -0.3 is 15.2 Å². The Morgan fingerprint density at radius 3 is 2.48 bits per heavy atom. The zero-order chi connectivity index (χ0) is 19.5. The molecule has 1 saturated heterocycles. The lowest BCUT2D eigenvalue weighted by atomic mass is 10.0. The molecule has 1 unspecified atom stereocenters. The van der Waals surface area contributed by atoms with Gasteiger partial charge in [0.05, 0.1) is 0 Å². The SMILES string of the molecule is CN=C(NCCCCn1ccnc1C)NCC(C(C)C)N1CCCCCC1. The van der Waals surface area contributed by atoms with Gasteiger partial charge in [-0.15, -0.1) is 0 Å². The summed E-state index contributed by atoms with van der Waals surface area (Å²) in [5, 5.41) is 7.03. The van der Waals surface area contributed by atoms with Crippen molar-refractivity contribution in [2.75, 3.05) is 33.2 Å². The van der Waals surface area contributed by atoms with Crippen molar-refractivity contribution in [3.05, 3.63) is 18.2 Å². The fourth-order valence-corrected chi connectivity index (χ4v) is 3.89. The second-order valence-electron chi connectivity index (χ2n) is 8.02. The van der Waals surface area contributed by atoms with E-state index in [2.05, 4.69) is 57.0 Å². The summed E-state index contributed by atoms with van der Waals surface area (Å²) in [4.78, 5) is 11.4. The number of hydrogen-bond donors (Lipinski definition) is 2. The number of aromatic nitrogens is 2. The van der Waals surface area contributed by atoms with E-state index in [0.717, 1.165) is 44.3 Å². The Bertz CT molecular complexity index is 543. The molecule has 0 radical (unpaired) electrons. The lowest BCUT2D eigenvalue weighted by molar-refractivity contribution is 0.161. The fourth-order valence-electron chi connectivity index (χ4n) is 3.89. The van der Waals surface area contributed by atoms with Crippen molar-refractivity contribution in [1.29, 1.82) is 0 Å². The molecule has 0 saturated carbocycles. The van der Waals surface area contributed by atoms with Gasteiger partial charge in [-0.05, 0) is 51.6 Å². The number of aliphatic imine (C=N–C) groups is 1. The molecule has 0 amide bonds. The first kappa shape index (κ1) is 21.7.